The highest BCUT2D eigenvalue weighted by Crippen LogP contribution is 2.26. The van der Waals surface area contributed by atoms with Gasteiger partial charge in [0.05, 0.1) is 6.04 Å². The average molecular weight is 154 g/mol. The largest absolute Gasteiger partial charge is 0.338 e. The van der Waals surface area contributed by atoms with E-state index in [-0.39, 0.29) is 11.9 Å². The molecule has 2 fully saturated rings. The molecule has 0 unspecified atom stereocenters. The summed E-state index contributed by atoms with van der Waals surface area (Å²) in [7, 11) is 0. The zero-order valence-electron chi connectivity index (χ0n) is 6.62. The molecule has 11 heavy (non-hydrogen) atoms. The smallest absolute Gasteiger partial charge is 0.239 e. The van der Waals surface area contributed by atoms with Gasteiger partial charge in [-0.05, 0) is 25.7 Å². The van der Waals surface area contributed by atoms with Crippen molar-refractivity contribution in [2.45, 2.75) is 37.8 Å². The van der Waals surface area contributed by atoms with Gasteiger partial charge in [0.2, 0.25) is 5.91 Å². The van der Waals surface area contributed by atoms with Gasteiger partial charge in [0.15, 0.2) is 0 Å². The molecule has 62 valence electrons. The van der Waals surface area contributed by atoms with E-state index in [0.717, 1.165) is 19.4 Å². The first-order valence-corrected chi connectivity index (χ1v) is 4.35. The molecule has 2 aliphatic heterocycles. The van der Waals surface area contributed by atoms with E-state index in [4.69, 9.17) is 5.73 Å². The van der Waals surface area contributed by atoms with E-state index in [1.807, 2.05) is 4.90 Å². The Morgan fingerprint density at radius 3 is 3.00 bits per heavy atom. The van der Waals surface area contributed by atoms with Crippen LogP contribution in [0.15, 0.2) is 0 Å². The van der Waals surface area contributed by atoms with Gasteiger partial charge in [0.1, 0.15) is 0 Å². The van der Waals surface area contributed by atoms with Gasteiger partial charge in [0, 0.05) is 12.6 Å². The Balaban J connectivity index is 2.11. The maximum absolute atomic E-state index is 11.3. The first-order chi connectivity index (χ1) is 5.29. The van der Waals surface area contributed by atoms with Crippen molar-refractivity contribution >= 4 is 5.91 Å². The van der Waals surface area contributed by atoms with Gasteiger partial charge < -0.3 is 10.6 Å². The standard InChI is InChI=1S/C8H14N2O/c9-7-5-6-3-1-2-4-10(6)8(7)11/h6-7H,1-5,9H2/t6-,7+/m0/s1. The van der Waals surface area contributed by atoms with Crippen molar-refractivity contribution in [1.29, 1.82) is 0 Å². The number of hydrogen-bond acceptors (Lipinski definition) is 2. The van der Waals surface area contributed by atoms with E-state index in [9.17, 15) is 4.79 Å². The lowest BCUT2D eigenvalue weighted by molar-refractivity contribution is -0.130. The summed E-state index contributed by atoms with van der Waals surface area (Å²) in [5.41, 5.74) is 5.65. The van der Waals surface area contributed by atoms with Gasteiger partial charge in [-0.2, -0.15) is 0 Å². The maximum atomic E-state index is 11.3. The van der Waals surface area contributed by atoms with Crippen molar-refractivity contribution in [2.24, 2.45) is 5.73 Å². The number of nitrogens with two attached hydrogens (primary N) is 1. The number of carbonyl (C=O) groups excluding carboxylic acids is 1. The number of fused-ring (bicyclic) bond motifs is 1. The summed E-state index contributed by atoms with van der Waals surface area (Å²) in [6.45, 7) is 0.942. The summed E-state index contributed by atoms with van der Waals surface area (Å²) < 4.78 is 0. The predicted molar refractivity (Wildman–Crippen MR) is 41.9 cm³/mol. The van der Waals surface area contributed by atoms with Crippen LogP contribution in [0.4, 0.5) is 0 Å². The van der Waals surface area contributed by atoms with Crippen LogP contribution in [0.25, 0.3) is 0 Å². The Bertz CT molecular complexity index is 181. The van der Waals surface area contributed by atoms with Crippen LogP contribution >= 0.6 is 0 Å². The van der Waals surface area contributed by atoms with Crippen LogP contribution in [0.3, 0.4) is 0 Å². The summed E-state index contributed by atoms with van der Waals surface area (Å²) in [4.78, 5) is 13.3. The van der Waals surface area contributed by atoms with Gasteiger partial charge in [-0.1, -0.05) is 0 Å². The number of rotatable bonds is 0. The second-order valence-electron chi connectivity index (χ2n) is 3.52. The topological polar surface area (TPSA) is 46.3 Å². The lowest BCUT2D eigenvalue weighted by atomic mass is 10.0. The molecule has 1 amide bonds. The Morgan fingerprint density at radius 2 is 2.27 bits per heavy atom. The molecule has 0 aliphatic carbocycles. The normalized spacial score (nSPS) is 37.5. The monoisotopic (exact) mass is 154 g/mol. The van der Waals surface area contributed by atoms with Crippen molar-refractivity contribution in [3.63, 3.8) is 0 Å². The van der Waals surface area contributed by atoms with E-state index in [1.54, 1.807) is 0 Å². The third-order valence-electron chi connectivity index (χ3n) is 2.75. The van der Waals surface area contributed by atoms with Crippen LogP contribution in [-0.4, -0.2) is 29.4 Å². The molecule has 2 N–H and O–H groups in total. The first-order valence-electron chi connectivity index (χ1n) is 4.35. The fourth-order valence-corrected chi connectivity index (χ4v) is 2.14. The molecule has 0 aromatic carbocycles. The van der Waals surface area contributed by atoms with Crippen molar-refractivity contribution in [3.05, 3.63) is 0 Å². The molecule has 2 rings (SSSR count). The van der Waals surface area contributed by atoms with Crippen LogP contribution < -0.4 is 5.73 Å². The molecular formula is C8H14N2O. The number of piperidine rings is 1. The summed E-state index contributed by atoms with van der Waals surface area (Å²) in [6, 6.07) is 0.282. The van der Waals surface area contributed by atoms with Crippen molar-refractivity contribution < 1.29 is 4.79 Å². The summed E-state index contributed by atoms with van der Waals surface area (Å²) in [5, 5.41) is 0. The highest BCUT2D eigenvalue weighted by molar-refractivity contribution is 5.84. The first kappa shape index (κ1) is 7.10. The Hall–Kier alpha value is -0.570. The summed E-state index contributed by atoms with van der Waals surface area (Å²) in [6.07, 6.45) is 4.48. The van der Waals surface area contributed by atoms with Gasteiger partial charge in [-0.15, -0.1) is 0 Å². The molecule has 0 aromatic heterocycles. The molecule has 2 saturated heterocycles. The van der Waals surface area contributed by atoms with E-state index in [0.29, 0.717) is 6.04 Å². The third kappa shape index (κ3) is 1.03. The maximum Gasteiger partial charge on any atom is 0.239 e. The average Bonchev–Trinajstić information content (AvgIpc) is 2.30. The number of amides is 1. The zero-order chi connectivity index (χ0) is 7.84. The Morgan fingerprint density at radius 1 is 1.45 bits per heavy atom. The molecule has 0 aromatic rings. The fourth-order valence-electron chi connectivity index (χ4n) is 2.14. The molecule has 0 saturated carbocycles. The van der Waals surface area contributed by atoms with Crippen LogP contribution in [-0.2, 0) is 4.79 Å². The van der Waals surface area contributed by atoms with Crippen LogP contribution in [0.5, 0.6) is 0 Å². The molecule has 3 nitrogen and oxygen atoms in total. The molecule has 0 spiro atoms. The quantitative estimate of drug-likeness (QED) is 0.538. The molecule has 0 bridgehead atoms. The van der Waals surface area contributed by atoms with E-state index < -0.39 is 0 Å². The minimum absolute atomic E-state index is 0.176. The van der Waals surface area contributed by atoms with Crippen molar-refractivity contribution in [2.75, 3.05) is 6.54 Å². The summed E-state index contributed by atoms with van der Waals surface area (Å²) >= 11 is 0. The second-order valence-corrected chi connectivity index (χ2v) is 3.52. The van der Waals surface area contributed by atoms with Gasteiger partial charge in [0.25, 0.3) is 0 Å². The lowest BCUT2D eigenvalue weighted by Gasteiger charge is -2.28. The SMILES string of the molecule is N[C@@H]1C[C@@H]2CCCCN2C1=O. The van der Waals surface area contributed by atoms with E-state index in [2.05, 4.69) is 0 Å². The minimum Gasteiger partial charge on any atom is -0.338 e. The van der Waals surface area contributed by atoms with Crippen molar-refractivity contribution in [3.8, 4) is 0 Å². The Kier molecular flexibility index (Phi) is 1.60. The van der Waals surface area contributed by atoms with Gasteiger partial charge >= 0.3 is 0 Å². The molecule has 2 aliphatic rings. The number of carbonyl (C=O) groups is 1. The molecule has 0 radical (unpaired) electrons. The van der Waals surface area contributed by atoms with Crippen LogP contribution in [0.1, 0.15) is 25.7 Å². The highest BCUT2D eigenvalue weighted by Gasteiger charge is 2.37. The van der Waals surface area contributed by atoms with Gasteiger partial charge in [-0.25, -0.2) is 0 Å². The minimum atomic E-state index is -0.196. The number of hydrogen-bond donors (Lipinski definition) is 1. The molecule has 3 heteroatoms. The third-order valence-corrected chi connectivity index (χ3v) is 2.75. The highest BCUT2D eigenvalue weighted by atomic mass is 16.2. The van der Waals surface area contributed by atoms with Gasteiger partial charge in [-0.3, -0.25) is 4.79 Å². The number of nitrogens with zero attached hydrogens (tertiary/aromatic N) is 1. The second kappa shape index (κ2) is 2.48. The summed E-state index contributed by atoms with van der Waals surface area (Å²) in [5.74, 6) is 0.176. The Labute approximate surface area is 66.5 Å². The van der Waals surface area contributed by atoms with Crippen LogP contribution in [0.2, 0.25) is 0 Å². The fraction of sp³-hybridized carbons (Fsp3) is 0.875. The lowest BCUT2D eigenvalue weighted by Crippen LogP contribution is -2.39. The zero-order valence-corrected chi connectivity index (χ0v) is 6.62. The van der Waals surface area contributed by atoms with Crippen molar-refractivity contribution in [1.82, 2.24) is 4.90 Å². The van der Waals surface area contributed by atoms with E-state index in [1.165, 1.54) is 12.8 Å². The molecule has 2 atom stereocenters. The molecule has 2 heterocycles. The van der Waals surface area contributed by atoms with E-state index >= 15 is 0 Å². The predicted octanol–water partition coefficient (Wildman–Crippen LogP) is 0.0985. The molecular weight excluding hydrogens is 140 g/mol. The van der Waals surface area contributed by atoms with Crippen LogP contribution in [0, 0.1) is 0 Å².